The number of benzene rings is 2. The Morgan fingerprint density at radius 1 is 1.15 bits per heavy atom. The van der Waals surface area contributed by atoms with Crippen LogP contribution in [0.15, 0.2) is 36.4 Å². The van der Waals surface area contributed by atoms with Crippen LogP contribution >= 0.6 is 0 Å². The van der Waals surface area contributed by atoms with Gasteiger partial charge in [-0.3, -0.25) is 9.36 Å². The van der Waals surface area contributed by atoms with Crippen molar-refractivity contribution in [3.05, 3.63) is 53.3 Å². The Balaban J connectivity index is 1.88. The van der Waals surface area contributed by atoms with E-state index in [1.165, 1.54) is 5.56 Å². The van der Waals surface area contributed by atoms with Crippen molar-refractivity contribution in [2.75, 3.05) is 7.11 Å². The number of ether oxygens (including phenoxy) is 1. The van der Waals surface area contributed by atoms with Crippen molar-refractivity contribution in [1.82, 2.24) is 9.55 Å². The first kappa shape index (κ1) is 19.0. The third-order valence-corrected chi connectivity index (χ3v) is 4.94. The normalized spacial score (nSPS) is 11.1. The highest BCUT2D eigenvalue weighted by atomic mass is 16.5. The average Bonchev–Trinajstić information content (AvgIpc) is 3.05. The van der Waals surface area contributed by atoms with Gasteiger partial charge in [-0.1, -0.05) is 19.1 Å². The minimum atomic E-state index is -0.726. The molecule has 3 rings (SSSR count). The van der Waals surface area contributed by atoms with Gasteiger partial charge in [-0.15, -0.1) is 0 Å². The van der Waals surface area contributed by atoms with Crippen LogP contribution in [0.3, 0.4) is 0 Å². The van der Waals surface area contributed by atoms with E-state index in [4.69, 9.17) is 14.8 Å². The molecule has 0 amide bonds. The molecule has 3 aromatic rings. The van der Waals surface area contributed by atoms with Crippen LogP contribution in [0.2, 0.25) is 0 Å². The molecule has 2 aromatic carbocycles. The van der Waals surface area contributed by atoms with Crippen molar-refractivity contribution in [1.29, 1.82) is 0 Å². The van der Waals surface area contributed by atoms with Crippen LogP contribution in [0, 0.1) is 6.92 Å². The molecule has 0 fully saturated rings. The predicted molar refractivity (Wildman–Crippen MR) is 107 cm³/mol. The van der Waals surface area contributed by atoms with E-state index < -0.39 is 5.97 Å². The fraction of sp³-hybridized carbons (Fsp3) is 0.364. The smallest absolute Gasteiger partial charge is 0.303 e. The number of fused-ring (bicyclic) bond motifs is 1. The predicted octanol–water partition coefficient (Wildman–Crippen LogP) is 4.70. The molecule has 0 unspecified atom stereocenters. The van der Waals surface area contributed by atoms with Gasteiger partial charge in [0.1, 0.15) is 11.6 Å². The fourth-order valence-corrected chi connectivity index (χ4v) is 3.47. The summed E-state index contributed by atoms with van der Waals surface area (Å²) in [6, 6.07) is 12.5. The average molecular weight is 366 g/mol. The van der Waals surface area contributed by atoms with E-state index in [2.05, 4.69) is 41.8 Å². The van der Waals surface area contributed by atoms with Gasteiger partial charge in [-0.05, 0) is 56.0 Å². The number of nitrogens with zero attached hydrogens (tertiary/aromatic N) is 2. The summed E-state index contributed by atoms with van der Waals surface area (Å²) >= 11 is 0. The molecule has 142 valence electrons. The third kappa shape index (κ3) is 3.97. The molecular formula is C22H26N2O3. The number of rotatable bonds is 8. The van der Waals surface area contributed by atoms with Gasteiger partial charge in [0.15, 0.2) is 0 Å². The number of hydrogen-bond acceptors (Lipinski definition) is 3. The summed E-state index contributed by atoms with van der Waals surface area (Å²) in [5, 5.41) is 8.72. The van der Waals surface area contributed by atoms with E-state index in [-0.39, 0.29) is 6.42 Å². The number of aromatic nitrogens is 2. The molecule has 0 aliphatic rings. The van der Waals surface area contributed by atoms with Crippen molar-refractivity contribution in [2.45, 2.75) is 46.0 Å². The number of carbonyl (C=O) groups is 1. The van der Waals surface area contributed by atoms with Crippen LogP contribution in [-0.2, 0) is 17.6 Å². The van der Waals surface area contributed by atoms with Crippen molar-refractivity contribution < 1.29 is 14.6 Å². The van der Waals surface area contributed by atoms with Gasteiger partial charge in [0.05, 0.1) is 18.1 Å². The number of imidazole rings is 1. The van der Waals surface area contributed by atoms with E-state index in [1.54, 1.807) is 7.11 Å². The number of hydrogen-bond donors (Lipinski definition) is 1. The molecule has 0 atom stereocenters. The quantitative estimate of drug-likeness (QED) is 0.587. The van der Waals surface area contributed by atoms with Gasteiger partial charge < -0.3 is 9.84 Å². The molecule has 0 saturated heterocycles. The second-order valence-corrected chi connectivity index (χ2v) is 6.74. The standard InChI is InChI=1S/C22H26N2O3/c1-4-20-23-22-15(2)19(27-3)14-13-18(22)24(20)17-11-9-16(10-12-17)7-5-6-8-21(25)26/h9-14H,4-8H2,1-3H3,(H,25,26). The Bertz CT molecular complexity index is 942. The summed E-state index contributed by atoms with van der Waals surface area (Å²) in [5.41, 5.74) is 5.43. The van der Waals surface area contributed by atoms with Gasteiger partial charge in [-0.25, -0.2) is 4.98 Å². The zero-order chi connectivity index (χ0) is 19.4. The summed E-state index contributed by atoms with van der Waals surface area (Å²) in [4.78, 5) is 15.4. The van der Waals surface area contributed by atoms with Crippen LogP contribution in [0.5, 0.6) is 5.75 Å². The highest BCUT2D eigenvalue weighted by Gasteiger charge is 2.15. The maximum atomic E-state index is 10.6. The maximum absolute atomic E-state index is 10.6. The van der Waals surface area contributed by atoms with Crippen LogP contribution in [0.4, 0.5) is 0 Å². The molecule has 1 heterocycles. The summed E-state index contributed by atoms with van der Waals surface area (Å²) < 4.78 is 7.64. The van der Waals surface area contributed by atoms with E-state index in [9.17, 15) is 4.79 Å². The molecule has 0 spiro atoms. The molecule has 1 aromatic heterocycles. The van der Waals surface area contributed by atoms with Gasteiger partial charge in [0.25, 0.3) is 0 Å². The molecule has 0 aliphatic carbocycles. The number of aryl methyl sites for hydroxylation is 3. The first-order valence-electron chi connectivity index (χ1n) is 9.41. The molecule has 0 aliphatic heterocycles. The SMILES string of the molecule is CCc1nc2c(C)c(OC)ccc2n1-c1ccc(CCCCC(=O)O)cc1. The van der Waals surface area contributed by atoms with Gasteiger partial charge >= 0.3 is 5.97 Å². The number of aliphatic carboxylic acids is 1. The molecule has 0 radical (unpaired) electrons. The summed E-state index contributed by atoms with van der Waals surface area (Å²) in [7, 11) is 1.68. The number of methoxy groups -OCH3 is 1. The Hall–Kier alpha value is -2.82. The number of unbranched alkanes of at least 4 members (excludes halogenated alkanes) is 1. The number of carboxylic acid groups (broad SMARTS) is 1. The lowest BCUT2D eigenvalue weighted by Gasteiger charge is -2.10. The van der Waals surface area contributed by atoms with Gasteiger partial charge in [0, 0.05) is 24.1 Å². The Labute approximate surface area is 159 Å². The molecular weight excluding hydrogens is 340 g/mol. The third-order valence-electron chi connectivity index (χ3n) is 4.94. The number of carboxylic acids is 1. The van der Waals surface area contributed by atoms with Crippen LogP contribution in [0.25, 0.3) is 16.7 Å². The van der Waals surface area contributed by atoms with E-state index in [0.29, 0.717) is 6.42 Å². The Kier molecular flexibility index (Phi) is 5.79. The van der Waals surface area contributed by atoms with E-state index in [0.717, 1.165) is 53.1 Å². The van der Waals surface area contributed by atoms with Crippen molar-refractivity contribution in [3.8, 4) is 11.4 Å². The lowest BCUT2D eigenvalue weighted by Crippen LogP contribution is -2.00. The van der Waals surface area contributed by atoms with E-state index in [1.807, 2.05) is 13.0 Å². The second kappa shape index (κ2) is 8.25. The Morgan fingerprint density at radius 2 is 1.89 bits per heavy atom. The zero-order valence-electron chi connectivity index (χ0n) is 16.2. The zero-order valence-corrected chi connectivity index (χ0v) is 16.2. The highest BCUT2D eigenvalue weighted by molar-refractivity contribution is 5.83. The lowest BCUT2D eigenvalue weighted by atomic mass is 10.1. The molecule has 5 nitrogen and oxygen atoms in total. The summed E-state index contributed by atoms with van der Waals surface area (Å²) in [5.74, 6) is 1.15. The monoisotopic (exact) mass is 366 g/mol. The fourth-order valence-electron chi connectivity index (χ4n) is 3.47. The lowest BCUT2D eigenvalue weighted by molar-refractivity contribution is -0.137. The second-order valence-electron chi connectivity index (χ2n) is 6.74. The van der Waals surface area contributed by atoms with Crippen molar-refractivity contribution >= 4 is 17.0 Å². The molecule has 0 bridgehead atoms. The maximum Gasteiger partial charge on any atom is 0.303 e. The van der Waals surface area contributed by atoms with Crippen molar-refractivity contribution in [3.63, 3.8) is 0 Å². The molecule has 5 heteroatoms. The molecule has 1 N–H and O–H groups in total. The summed E-state index contributed by atoms with van der Waals surface area (Å²) in [6.45, 7) is 4.15. The highest BCUT2D eigenvalue weighted by Crippen LogP contribution is 2.30. The first-order chi connectivity index (χ1) is 13.0. The van der Waals surface area contributed by atoms with Crippen LogP contribution in [0.1, 0.15) is 43.1 Å². The van der Waals surface area contributed by atoms with Crippen LogP contribution < -0.4 is 4.74 Å². The minimum absolute atomic E-state index is 0.238. The first-order valence-corrected chi connectivity index (χ1v) is 9.41. The van der Waals surface area contributed by atoms with E-state index >= 15 is 0 Å². The minimum Gasteiger partial charge on any atom is -0.496 e. The summed E-state index contributed by atoms with van der Waals surface area (Å²) in [6.07, 6.45) is 3.58. The molecule has 27 heavy (non-hydrogen) atoms. The van der Waals surface area contributed by atoms with Gasteiger partial charge in [-0.2, -0.15) is 0 Å². The van der Waals surface area contributed by atoms with Crippen LogP contribution in [-0.4, -0.2) is 27.7 Å². The Morgan fingerprint density at radius 3 is 2.52 bits per heavy atom. The van der Waals surface area contributed by atoms with Crippen molar-refractivity contribution in [2.24, 2.45) is 0 Å². The molecule has 0 saturated carbocycles. The largest absolute Gasteiger partial charge is 0.496 e. The topological polar surface area (TPSA) is 64.4 Å². The van der Waals surface area contributed by atoms with Gasteiger partial charge in [0.2, 0.25) is 0 Å².